The van der Waals surface area contributed by atoms with Crippen molar-refractivity contribution in [3.05, 3.63) is 72.3 Å². The molecule has 1 aromatic heterocycles. The lowest BCUT2D eigenvalue weighted by molar-refractivity contribution is 0.0981. The van der Waals surface area contributed by atoms with Crippen LogP contribution in [-0.2, 0) is 6.42 Å². The maximum Gasteiger partial charge on any atom is 0.258 e. The summed E-state index contributed by atoms with van der Waals surface area (Å²) in [4.78, 5) is 18.7. The summed E-state index contributed by atoms with van der Waals surface area (Å²) in [7, 11) is 0. The van der Waals surface area contributed by atoms with E-state index in [9.17, 15) is 4.79 Å². The van der Waals surface area contributed by atoms with Crippen molar-refractivity contribution in [2.24, 2.45) is 0 Å². The predicted molar refractivity (Wildman–Crippen MR) is 87.8 cm³/mol. The van der Waals surface area contributed by atoms with Gasteiger partial charge in [-0.05, 0) is 49.2 Å². The molecule has 0 saturated heterocycles. The van der Waals surface area contributed by atoms with Crippen LogP contribution in [0.2, 0.25) is 0 Å². The molecule has 0 spiro atoms. The van der Waals surface area contributed by atoms with Crippen molar-refractivity contribution < 1.29 is 4.79 Å². The molecule has 0 unspecified atom stereocenters. The van der Waals surface area contributed by atoms with Gasteiger partial charge in [0.25, 0.3) is 5.91 Å². The first-order valence-corrected chi connectivity index (χ1v) is 7.60. The lowest BCUT2D eigenvalue weighted by Gasteiger charge is -2.22. The van der Waals surface area contributed by atoms with Gasteiger partial charge in [0.05, 0.1) is 5.69 Å². The van der Waals surface area contributed by atoms with Gasteiger partial charge in [0.2, 0.25) is 0 Å². The maximum absolute atomic E-state index is 12.9. The molecule has 1 aliphatic rings. The van der Waals surface area contributed by atoms with Gasteiger partial charge in [-0.2, -0.15) is 5.10 Å². The number of aromatic nitrogens is 3. The second-order valence-corrected chi connectivity index (χ2v) is 5.74. The van der Waals surface area contributed by atoms with E-state index < -0.39 is 0 Å². The number of carbonyl (C=O) groups is 1. The summed E-state index contributed by atoms with van der Waals surface area (Å²) in [5, 5.41) is 4.09. The highest BCUT2D eigenvalue weighted by atomic mass is 16.2. The molecular formula is C18H16N4O. The van der Waals surface area contributed by atoms with Gasteiger partial charge in [0.1, 0.15) is 12.7 Å². The fourth-order valence-electron chi connectivity index (χ4n) is 3.11. The van der Waals surface area contributed by atoms with Crippen LogP contribution in [0, 0.1) is 0 Å². The van der Waals surface area contributed by atoms with E-state index in [0.29, 0.717) is 5.56 Å². The Kier molecular flexibility index (Phi) is 3.19. The van der Waals surface area contributed by atoms with Crippen LogP contribution in [0.25, 0.3) is 5.69 Å². The minimum absolute atomic E-state index is 0.0348. The van der Waals surface area contributed by atoms with Gasteiger partial charge in [-0.3, -0.25) is 4.79 Å². The van der Waals surface area contributed by atoms with Crippen LogP contribution >= 0.6 is 0 Å². The van der Waals surface area contributed by atoms with E-state index in [1.165, 1.54) is 11.9 Å². The first-order chi connectivity index (χ1) is 11.2. The molecule has 0 saturated carbocycles. The average molecular weight is 304 g/mol. The third-order valence-electron chi connectivity index (χ3n) is 4.22. The molecule has 1 aliphatic heterocycles. The maximum atomic E-state index is 12.9. The van der Waals surface area contributed by atoms with Crippen LogP contribution in [0.5, 0.6) is 0 Å². The van der Waals surface area contributed by atoms with E-state index in [4.69, 9.17) is 0 Å². The van der Waals surface area contributed by atoms with E-state index in [1.807, 2.05) is 47.4 Å². The third-order valence-corrected chi connectivity index (χ3v) is 4.22. The van der Waals surface area contributed by atoms with Crippen molar-refractivity contribution >= 4 is 11.6 Å². The molecule has 2 heterocycles. The van der Waals surface area contributed by atoms with Crippen LogP contribution in [0.15, 0.2) is 61.2 Å². The number of anilines is 1. The zero-order valence-electron chi connectivity index (χ0n) is 12.8. The molecule has 23 heavy (non-hydrogen) atoms. The van der Waals surface area contributed by atoms with E-state index in [-0.39, 0.29) is 11.9 Å². The topological polar surface area (TPSA) is 51.0 Å². The Bertz CT molecular complexity index is 840. The molecule has 3 aromatic rings. The summed E-state index contributed by atoms with van der Waals surface area (Å²) in [6.45, 7) is 2.08. The molecule has 2 aromatic carbocycles. The highest BCUT2D eigenvalue weighted by molar-refractivity contribution is 6.07. The Morgan fingerprint density at radius 2 is 1.91 bits per heavy atom. The van der Waals surface area contributed by atoms with Crippen molar-refractivity contribution in [2.75, 3.05) is 4.90 Å². The number of amides is 1. The molecule has 114 valence electrons. The summed E-state index contributed by atoms with van der Waals surface area (Å²) >= 11 is 0. The Hall–Kier alpha value is -2.95. The van der Waals surface area contributed by atoms with Crippen LogP contribution < -0.4 is 4.90 Å². The van der Waals surface area contributed by atoms with Crippen LogP contribution in [0.1, 0.15) is 22.8 Å². The van der Waals surface area contributed by atoms with Gasteiger partial charge in [-0.15, -0.1) is 0 Å². The minimum Gasteiger partial charge on any atom is -0.305 e. The zero-order chi connectivity index (χ0) is 15.8. The zero-order valence-corrected chi connectivity index (χ0v) is 12.8. The summed E-state index contributed by atoms with van der Waals surface area (Å²) in [5.74, 6) is 0.0348. The van der Waals surface area contributed by atoms with Crippen molar-refractivity contribution in [1.82, 2.24) is 14.8 Å². The fraction of sp³-hybridized carbons (Fsp3) is 0.167. The van der Waals surface area contributed by atoms with E-state index >= 15 is 0 Å². The molecule has 5 nitrogen and oxygen atoms in total. The summed E-state index contributed by atoms with van der Waals surface area (Å²) in [6, 6.07) is 15.7. The number of rotatable bonds is 2. The number of benzene rings is 2. The number of hydrogen-bond donors (Lipinski definition) is 0. The second-order valence-electron chi connectivity index (χ2n) is 5.74. The number of fused-ring (bicyclic) bond motifs is 1. The Morgan fingerprint density at radius 3 is 2.65 bits per heavy atom. The molecule has 1 amide bonds. The number of para-hydroxylation sites is 1. The fourth-order valence-corrected chi connectivity index (χ4v) is 3.11. The molecule has 1 atom stereocenters. The standard InChI is InChI=1S/C18H16N4O/c1-13-10-15-4-2-3-5-17(15)22(13)18(23)14-6-8-16(9-7-14)21-12-19-11-20-21/h2-9,11-13H,10H2,1H3/t13-/m0/s1. The Labute approximate surface area is 134 Å². The molecule has 5 heteroatoms. The monoisotopic (exact) mass is 304 g/mol. The van der Waals surface area contributed by atoms with E-state index in [0.717, 1.165) is 17.8 Å². The smallest absolute Gasteiger partial charge is 0.258 e. The Morgan fingerprint density at radius 1 is 1.13 bits per heavy atom. The van der Waals surface area contributed by atoms with Crippen LogP contribution in [0.3, 0.4) is 0 Å². The normalized spacial score (nSPS) is 16.4. The summed E-state index contributed by atoms with van der Waals surface area (Å²) < 4.78 is 1.67. The van der Waals surface area contributed by atoms with Gasteiger partial charge in [-0.1, -0.05) is 18.2 Å². The van der Waals surface area contributed by atoms with Crippen molar-refractivity contribution in [1.29, 1.82) is 0 Å². The SMILES string of the molecule is C[C@H]1Cc2ccccc2N1C(=O)c1ccc(-n2cncn2)cc1. The first-order valence-electron chi connectivity index (χ1n) is 7.60. The number of carbonyl (C=O) groups excluding carboxylic acids is 1. The van der Waals surface area contributed by atoms with Crippen molar-refractivity contribution in [2.45, 2.75) is 19.4 Å². The highest BCUT2D eigenvalue weighted by Gasteiger charge is 2.31. The highest BCUT2D eigenvalue weighted by Crippen LogP contribution is 2.33. The molecule has 4 rings (SSSR count). The van der Waals surface area contributed by atoms with Gasteiger partial charge in [0, 0.05) is 17.3 Å². The molecule has 0 aliphatic carbocycles. The quantitative estimate of drug-likeness (QED) is 0.731. The molecule has 0 N–H and O–H groups in total. The van der Waals surface area contributed by atoms with Crippen LogP contribution in [0.4, 0.5) is 5.69 Å². The Balaban J connectivity index is 1.65. The summed E-state index contributed by atoms with van der Waals surface area (Å²) in [5.41, 5.74) is 3.81. The molecule has 0 fully saturated rings. The summed E-state index contributed by atoms with van der Waals surface area (Å²) in [6.07, 6.45) is 4.02. The molecule has 0 radical (unpaired) electrons. The van der Waals surface area contributed by atoms with Gasteiger partial charge < -0.3 is 4.90 Å². The molecular weight excluding hydrogens is 288 g/mol. The number of nitrogens with zero attached hydrogens (tertiary/aromatic N) is 4. The third kappa shape index (κ3) is 2.30. The van der Waals surface area contributed by atoms with Gasteiger partial charge in [0.15, 0.2) is 0 Å². The minimum atomic E-state index is 0.0348. The van der Waals surface area contributed by atoms with Crippen molar-refractivity contribution in [3.8, 4) is 5.69 Å². The molecule has 0 bridgehead atoms. The van der Waals surface area contributed by atoms with Crippen molar-refractivity contribution in [3.63, 3.8) is 0 Å². The van der Waals surface area contributed by atoms with E-state index in [2.05, 4.69) is 23.1 Å². The van der Waals surface area contributed by atoms with Crippen LogP contribution in [-0.4, -0.2) is 26.7 Å². The number of hydrogen-bond acceptors (Lipinski definition) is 3. The first kappa shape index (κ1) is 13.7. The lowest BCUT2D eigenvalue weighted by Crippen LogP contribution is -2.35. The van der Waals surface area contributed by atoms with Gasteiger partial charge >= 0.3 is 0 Å². The lowest BCUT2D eigenvalue weighted by atomic mass is 10.1. The van der Waals surface area contributed by atoms with E-state index in [1.54, 1.807) is 11.0 Å². The van der Waals surface area contributed by atoms with Gasteiger partial charge in [-0.25, -0.2) is 9.67 Å². The average Bonchev–Trinajstić information content (AvgIpc) is 3.21. The second kappa shape index (κ2) is 5.35. The predicted octanol–water partition coefficient (Wildman–Crippen LogP) is 2.86. The largest absolute Gasteiger partial charge is 0.305 e.